The summed E-state index contributed by atoms with van der Waals surface area (Å²) in [7, 11) is 0. The van der Waals surface area contributed by atoms with Crippen LogP contribution in [0.25, 0.3) is 10.9 Å². The molecule has 3 aromatic rings. The summed E-state index contributed by atoms with van der Waals surface area (Å²) in [6.45, 7) is 3.46. The summed E-state index contributed by atoms with van der Waals surface area (Å²) >= 11 is 0. The second-order valence-electron chi connectivity index (χ2n) is 6.68. The van der Waals surface area contributed by atoms with E-state index in [9.17, 15) is 9.59 Å². The Kier molecular flexibility index (Phi) is 6.36. The SMILES string of the molecule is CCCN(Cc1ccccc1)C(=O)CCCc1nc2ccccc2c(=O)[nH]1. The molecule has 1 aromatic heterocycles. The third-order valence-electron chi connectivity index (χ3n) is 4.53. The Bertz CT molecular complexity index is 950. The molecule has 5 heteroatoms. The lowest BCUT2D eigenvalue weighted by atomic mass is 10.1. The van der Waals surface area contributed by atoms with E-state index in [1.54, 1.807) is 6.07 Å². The first-order valence-corrected chi connectivity index (χ1v) is 9.47. The highest BCUT2D eigenvalue weighted by atomic mass is 16.2. The van der Waals surface area contributed by atoms with Crippen LogP contribution in [0.2, 0.25) is 0 Å². The van der Waals surface area contributed by atoms with Crippen molar-refractivity contribution in [1.29, 1.82) is 0 Å². The molecule has 0 aliphatic rings. The minimum Gasteiger partial charge on any atom is -0.338 e. The van der Waals surface area contributed by atoms with Crippen LogP contribution in [0.5, 0.6) is 0 Å². The van der Waals surface area contributed by atoms with Gasteiger partial charge < -0.3 is 9.88 Å². The number of hydrogen-bond acceptors (Lipinski definition) is 3. The molecule has 2 aromatic carbocycles. The fourth-order valence-electron chi connectivity index (χ4n) is 3.18. The molecule has 0 bridgehead atoms. The highest BCUT2D eigenvalue weighted by Gasteiger charge is 2.13. The zero-order chi connectivity index (χ0) is 19.1. The topological polar surface area (TPSA) is 66.1 Å². The van der Waals surface area contributed by atoms with Crippen LogP contribution in [0.15, 0.2) is 59.4 Å². The van der Waals surface area contributed by atoms with Gasteiger partial charge in [-0.2, -0.15) is 0 Å². The Labute approximate surface area is 159 Å². The fraction of sp³-hybridized carbons (Fsp3) is 0.318. The molecule has 0 spiro atoms. The number of carbonyl (C=O) groups excluding carboxylic acids is 1. The Hall–Kier alpha value is -2.95. The normalized spacial score (nSPS) is 10.9. The molecule has 0 aliphatic heterocycles. The molecular formula is C22H25N3O2. The number of H-pyrrole nitrogens is 1. The van der Waals surface area contributed by atoms with E-state index in [0.29, 0.717) is 42.5 Å². The average Bonchev–Trinajstić information content (AvgIpc) is 2.68. The highest BCUT2D eigenvalue weighted by molar-refractivity contribution is 5.77. The van der Waals surface area contributed by atoms with Gasteiger partial charge in [0, 0.05) is 25.9 Å². The molecule has 0 unspecified atom stereocenters. The van der Waals surface area contributed by atoms with Crippen molar-refractivity contribution < 1.29 is 4.79 Å². The van der Waals surface area contributed by atoms with Crippen LogP contribution in [0.1, 0.15) is 37.6 Å². The number of rotatable bonds is 8. The Morgan fingerprint density at radius 1 is 1.07 bits per heavy atom. The molecule has 0 radical (unpaired) electrons. The van der Waals surface area contributed by atoms with E-state index in [2.05, 4.69) is 16.9 Å². The molecule has 0 aliphatic carbocycles. The summed E-state index contributed by atoms with van der Waals surface area (Å²) in [4.78, 5) is 34.0. The van der Waals surface area contributed by atoms with E-state index in [4.69, 9.17) is 0 Å². The summed E-state index contributed by atoms with van der Waals surface area (Å²) in [5, 5.41) is 0.592. The van der Waals surface area contributed by atoms with Crippen LogP contribution < -0.4 is 5.56 Å². The summed E-state index contributed by atoms with van der Waals surface area (Å²) in [5.41, 5.74) is 1.71. The van der Waals surface area contributed by atoms with Gasteiger partial charge in [0.15, 0.2) is 0 Å². The summed E-state index contributed by atoms with van der Waals surface area (Å²) in [6, 6.07) is 17.3. The van der Waals surface area contributed by atoms with Crippen LogP contribution in [0.3, 0.4) is 0 Å². The van der Waals surface area contributed by atoms with Gasteiger partial charge in [0.05, 0.1) is 10.9 Å². The number of hydrogen-bond donors (Lipinski definition) is 1. The monoisotopic (exact) mass is 363 g/mol. The van der Waals surface area contributed by atoms with Crippen molar-refractivity contribution in [3.8, 4) is 0 Å². The second kappa shape index (κ2) is 9.12. The van der Waals surface area contributed by atoms with Gasteiger partial charge in [-0.1, -0.05) is 49.4 Å². The lowest BCUT2D eigenvalue weighted by molar-refractivity contribution is -0.132. The van der Waals surface area contributed by atoms with Crippen molar-refractivity contribution in [2.45, 2.75) is 39.2 Å². The highest BCUT2D eigenvalue weighted by Crippen LogP contribution is 2.10. The number of aryl methyl sites for hydroxylation is 1. The smallest absolute Gasteiger partial charge is 0.258 e. The summed E-state index contributed by atoms with van der Waals surface area (Å²) < 4.78 is 0. The molecular weight excluding hydrogens is 338 g/mol. The molecule has 0 fully saturated rings. The first-order chi connectivity index (χ1) is 13.2. The zero-order valence-corrected chi connectivity index (χ0v) is 15.6. The molecule has 1 heterocycles. The van der Waals surface area contributed by atoms with Crippen LogP contribution in [-0.2, 0) is 17.8 Å². The predicted molar refractivity (Wildman–Crippen MR) is 107 cm³/mol. The molecule has 27 heavy (non-hydrogen) atoms. The van der Waals surface area contributed by atoms with Gasteiger partial charge in [0.1, 0.15) is 5.82 Å². The average molecular weight is 363 g/mol. The summed E-state index contributed by atoms with van der Waals surface area (Å²) in [5.74, 6) is 0.778. The van der Waals surface area contributed by atoms with Gasteiger partial charge in [-0.15, -0.1) is 0 Å². The first-order valence-electron chi connectivity index (χ1n) is 9.47. The Morgan fingerprint density at radius 2 is 1.81 bits per heavy atom. The van der Waals surface area contributed by atoms with Crippen LogP contribution >= 0.6 is 0 Å². The number of amides is 1. The first kappa shape index (κ1) is 18.8. The van der Waals surface area contributed by atoms with Crippen LogP contribution in [0, 0.1) is 0 Å². The van der Waals surface area contributed by atoms with Gasteiger partial charge in [0.2, 0.25) is 5.91 Å². The number of aromatic nitrogens is 2. The van der Waals surface area contributed by atoms with Crippen molar-refractivity contribution in [3.63, 3.8) is 0 Å². The minimum absolute atomic E-state index is 0.126. The van der Waals surface area contributed by atoms with Crippen molar-refractivity contribution in [3.05, 3.63) is 76.3 Å². The number of nitrogens with zero attached hydrogens (tertiary/aromatic N) is 2. The van der Waals surface area contributed by atoms with Crippen molar-refractivity contribution in [1.82, 2.24) is 14.9 Å². The van der Waals surface area contributed by atoms with Crippen molar-refractivity contribution in [2.75, 3.05) is 6.54 Å². The predicted octanol–water partition coefficient (Wildman–Crippen LogP) is 3.68. The lowest BCUT2D eigenvalue weighted by Crippen LogP contribution is -2.31. The lowest BCUT2D eigenvalue weighted by Gasteiger charge is -2.22. The van der Waals surface area contributed by atoms with Crippen LogP contribution in [-0.4, -0.2) is 27.3 Å². The maximum absolute atomic E-state index is 12.6. The van der Waals surface area contributed by atoms with Crippen LogP contribution in [0.4, 0.5) is 0 Å². The number of para-hydroxylation sites is 1. The van der Waals surface area contributed by atoms with Crippen molar-refractivity contribution >= 4 is 16.8 Å². The van der Waals surface area contributed by atoms with Gasteiger partial charge in [-0.05, 0) is 30.5 Å². The van der Waals surface area contributed by atoms with Gasteiger partial charge >= 0.3 is 0 Å². The molecule has 5 nitrogen and oxygen atoms in total. The number of fused-ring (bicyclic) bond motifs is 1. The number of benzene rings is 2. The summed E-state index contributed by atoms with van der Waals surface area (Å²) in [6.07, 6.45) is 2.62. The zero-order valence-electron chi connectivity index (χ0n) is 15.6. The Balaban J connectivity index is 1.59. The number of nitrogens with one attached hydrogen (secondary N) is 1. The molecule has 0 saturated carbocycles. The fourth-order valence-corrected chi connectivity index (χ4v) is 3.18. The number of aromatic amines is 1. The molecule has 0 atom stereocenters. The Morgan fingerprint density at radius 3 is 2.59 bits per heavy atom. The maximum Gasteiger partial charge on any atom is 0.258 e. The van der Waals surface area contributed by atoms with E-state index < -0.39 is 0 Å². The molecule has 1 amide bonds. The van der Waals surface area contributed by atoms with Gasteiger partial charge in [-0.3, -0.25) is 9.59 Å². The van der Waals surface area contributed by atoms with Gasteiger partial charge in [-0.25, -0.2) is 4.98 Å². The van der Waals surface area contributed by atoms with E-state index in [1.165, 1.54) is 0 Å². The van der Waals surface area contributed by atoms with E-state index in [0.717, 1.165) is 18.5 Å². The number of carbonyl (C=O) groups is 1. The molecule has 140 valence electrons. The standard InChI is InChI=1S/C22H25N3O2/c1-2-15-25(16-17-9-4-3-5-10-17)21(26)14-8-13-20-23-19-12-7-6-11-18(19)22(27)24-20/h3-7,9-12H,2,8,13-16H2,1H3,(H,23,24,27). The largest absolute Gasteiger partial charge is 0.338 e. The van der Waals surface area contributed by atoms with E-state index in [1.807, 2.05) is 53.4 Å². The molecule has 1 N–H and O–H groups in total. The molecule has 0 saturated heterocycles. The van der Waals surface area contributed by atoms with Gasteiger partial charge in [0.25, 0.3) is 5.56 Å². The quantitative estimate of drug-likeness (QED) is 0.664. The van der Waals surface area contributed by atoms with Crippen molar-refractivity contribution in [2.24, 2.45) is 0 Å². The van der Waals surface area contributed by atoms with E-state index >= 15 is 0 Å². The third-order valence-corrected chi connectivity index (χ3v) is 4.53. The third kappa shape index (κ3) is 5.03. The molecule has 3 rings (SSSR count). The minimum atomic E-state index is -0.126. The van der Waals surface area contributed by atoms with E-state index in [-0.39, 0.29) is 11.5 Å². The maximum atomic E-state index is 12.6. The second-order valence-corrected chi connectivity index (χ2v) is 6.68.